The Morgan fingerprint density at radius 3 is 2.96 bits per heavy atom. The average Bonchev–Trinajstić information content (AvgIpc) is 3.11. The van der Waals surface area contributed by atoms with Gasteiger partial charge in [0, 0.05) is 38.6 Å². The lowest BCUT2D eigenvalue weighted by Crippen LogP contribution is -2.47. The van der Waals surface area contributed by atoms with E-state index in [1.165, 1.54) is 6.33 Å². The molecule has 4 heterocycles. The highest BCUT2D eigenvalue weighted by molar-refractivity contribution is 5.94. The molecule has 0 bridgehead atoms. The van der Waals surface area contributed by atoms with Crippen LogP contribution in [0.15, 0.2) is 24.9 Å². The molecule has 2 aliphatic rings. The van der Waals surface area contributed by atoms with Crippen molar-refractivity contribution >= 4 is 17.7 Å². The summed E-state index contributed by atoms with van der Waals surface area (Å²) in [6, 6.07) is 0. The summed E-state index contributed by atoms with van der Waals surface area (Å²) in [6.07, 6.45) is 9.43. The van der Waals surface area contributed by atoms with Gasteiger partial charge in [-0.25, -0.2) is 9.67 Å². The van der Waals surface area contributed by atoms with Gasteiger partial charge in [-0.05, 0) is 19.3 Å². The summed E-state index contributed by atoms with van der Waals surface area (Å²) in [5, 5.41) is 4.18. The van der Waals surface area contributed by atoms with E-state index in [2.05, 4.69) is 25.0 Å². The second-order valence-corrected chi connectivity index (χ2v) is 5.98. The van der Waals surface area contributed by atoms with Crippen molar-refractivity contribution in [1.82, 2.24) is 24.7 Å². The zero-order valence-corrected chi connectivity index (χ0v) is 12.9. The molecule has 0 saturated carbocycles. The first kappa shape index (κ1) is 14.1. The molecule has 0 radical (unpaired) electrons. The lowest BCUT2D eigenvalue weighted by molar-refractivity contribution is -0.122. The van der Waals surface area contributed by atoms with Gasteiger partial charge in [0.15, 0.2) is 0 Å². The van der Waals surface area contributed by atoms with Gasteiger partial charge in [0.1, 0.15) is 12.1 Å². The van der Waals surface area contributed by atoms with Gasteiger partial charge in [-0.1, -0.05) is 0 Å². The van der Waals surface area contributed by atoms with Crippen molar-refractivity contribution < 1.29 is 4.79 Å². The highest BCUT2D eigenvalue weighted by atomic mass is 16.2. The van der Waals surface area contributed by atoms with Gasteiger partial charge in [0.2, 0.25) is 11.9 Å². The molecule has 1 atom stereocenters. The molecule has 2 aromatic rings. The summed E-state index contributed by atoms with van der Waals surface area (Å²) < 4.78 is 1.81. The van der Waals surface area contributed by atoms with E-state index < -0.39 is 0 Å². The second kappa shape index (κ2) is 5.94. The summed E-state index contributed by atoms with van der Waals surface area (Å²) in [5.41, 5.74) is 0. The minimum Gasteiger partial charge on any atom is -0.355 e. The molecule has 1 saturated heterocycles. The van der Waals surface area contributed by atoms with Gasteiger partial charge in [-0.2, -0.15) is 10.1 Å². The monoisotopic (exact) mass is 313 g/mol. The normalized spacial score (nSPS) is 21.1. The number of aryl methyl sites for hydroxylation is 1. The van der Waals surface area contributed by atoms with Crippen LogP contribution in [0.4, 0.5) is 11.8 Å². The summed E-state index contributed by atoms with van der Waals surface area (Å²) in [4.78, 5) is 29.6. The van der Waals surface area contributed by atoms with E-state index in [9.17, 15) is 4.79 Å². The predicted molar refractivity (Wildman–Crippen MR) is 84.0 cm³/mol. The van der Waals surface area contributed by atoms with Crippen molar-refractivity contribution in [2.45, 2.75) is 25.8 Å². The van der Waals surface area contributed by atoms with Crippen molar-refractivity contribution in [1.29, 1.82) is 0 Å². The molecular weight excluding hydrogens is 294 g/mol. The van der Waals surface area contributed by atoms with Crippen LogP contribution in [-0.2, 0) is 11.3 Å². The number of carbonyl (C=O) groups is 1. The quantitative estimate of drug-likeness (QED) is 0.813. The Labute approximate surface area is 134 Å². The third-order valence-corrected chi connectivity index (χ3v) is 4.50. The zero-order chi connectivity index (χ0) is 15.6. The molecule has 23 heavy (non-hydrogen) atoms. The first-order valence-corrected chi connectivity index (χ1v) is 8.03. The molecule has 0 N–H and O–H groups in total. The fourth-order valence-corrected chi connectivity index (χ4v) is 3.37. The Hall–Kier alpha value is -2.51. The fourth-order valence-electron chi connectivity index (χ4n) is 3.37. The maximum atomic E-state index is 13.0. The van der Waals surface area contributed by atoms with Crippen molar-refractivity contribution in [2.75, 3.05) is 29.4 Å². The molecule has 1 fully saturated rings. The third-order valence-electron chi connectivity index (χ3n) is 4.50. The number of fused-ring (bicyclic) bond motifs is 1. The zero-order valence-electron chi connectivity index (χ0n) is 12.9. The molecule has 0 aliphatic carbocycles. The number of piperidine rings is 1. The van der Waals surface area contributed by atoms with E-state index in [0.29, 0.717) is 12.5 Å². The summed E-state index contributed by atoms with van der Waals surface area (Å²) in [7, 11) is 0. The fraction of sp³-hybridized carbons (Fsp3) is 0.533. The molecule has 4 rings (SSSR count). The Balaban J connectivity index is 1.51. The summed E-state index contributed by atoms with van der Waals surface area (Å²) in [5.74, 6) is 1.63. The van der Waals surface area contributed by atoms with Crippen LogP contribution < -0.4 is 9.80 Å². The smallest absolute Gasteiger partial charge is 0.234 e. The molecule has 0 aromatic carbocycles. The van der Waals surface area contributed by atoms with E-state index in [4.69, 9.17) is 0 Å². The van der Waals surface area contributed by atoms with Gasteiger partial charge in [0.25, 0.3) is 0 Å². The lowest BCUT2D eigenvalue weighted by Gasteiger charge is -2.36. The average molecular weight is 313 g/mol. The summed E-state index contributed by atoms with van der Waals surface area (Å²) in [6.45, 7) is 3.15. The Morgan fingerprint density at radius 1 is 1.13 bits per heavy atom. The Kier molecular flexibility index (Phi) is 3.64. The van der Waals surface area contributed by atoms with Gasteiger partial charge in [-0.3, -0.25) is 14.7 Å². The number of hydrogen-bond donors (Lipinski definition) is 0. The molecule has 0 unspecified atom stereocenters. The second-order valence-electron chi connectivity index (χ2n) is 5.98. The summed E-state index contributed by atoms with van der Waals surface area (Å²) >= 11 is 0. The number of nitrogens with zero attached hydrogens (tertiary/aromatic N) is 7. The van der Waals surface area contributed by atoms with Crippen LogP contribution in [0.5, 0.6) is 0 Å². The number of aromatic nitrogens is 5. The molecule has 2 aromatic heterocycles. The topological polar surface area (TPSA) is 80.0 Å². The number of anilines is 2. The van der Waals surface area contributed by atoms with Crippen LogP contribution in [-0.4, -0.2) is 50.3 Å². The van der Waals surface area contributed by atoms with E-state index in [0.717, 1.165) is 44.7 Å². The van der Waals surface area contributed by atoms with Crippen LogP contribution in [0, 0.1) is 5.92 Å². The van der Waals surface area contributed by atoms with Crippen LogP contribution in [0.25, 0.3) is 0 Å². The molecule has 120 valence electrons. The molecule has 8 nitrogen and oxygen atoms in total. The van der Waals surface area contributed by atoms with Crippen molar-refractivity contribution in [3.05, 3.63) is 24.9 Å². The molecular formula is C15H19N7O. The predicted octanol–water partition coefficient (Wildman–Crippen LogP) is 0.721. The largest absolute Gasteiger partial charge is 0.355 e. The number of rotatable bonds is 2. The van der Waals surface area contributed by atoms with Crippen molar-refractivity contribution in [2.24, 2.45) is 5.92 Å². The first-order valence-electron chi connectivity index (χ1n) is 8.03. The van der Waals surface area contributed by atoms with Crippen LogP contribution in [0.1, 0.15) is 19.3 Å². The van der Waals surface area contributed by atoms with Gasteiger partial charge >= 0.3 is 0 Å². The van der Waals surface area contributed by atoms with Crippen LogP contribution >= 0.6 is 0 Å². The Bertz CT molecular complexity index is 686. The lowest BCUT2D eigenvalue weighted by atomic mass is 9.96. The van der Waals surface area contributed by atoms with E-state index in [-0.39, 0.29) is 11.8 Å². The standard InChI is InChI=1S/C15H19N7O/c23-14(21-7-2-8-22-15(21)18-11-19-22)12-3-1-6-20(10-12)13-9-16-4-5-17-13/h4-5,9,11-12H,1-3,6-8,10H2/t12-/m1/s1. The van der Waals surface area contributed by atoms with E-state index >= 15 is 0 Å². The third kappa shape index (κ3) is 2.64. The van der Waals surface area contributed by atoms with Crippen molar-refractivity contribution in [3.8, 4) is 0 Å². The van der Waals surface area contributed by atoms with Crippen LogP contribution in [0.2, 0.25) is 0 Å². The molecule has 0 spiro atoms. The highest BCUT2D eigenvalue weighted by Gasteiger charge is 2.33. The van der Waals surface area contributed by atoms with E-state index in [1.807, 2.05) is 4.68 Å². The van der Waals surface area contributed by atoms with Gasteiger partial charge in [0.05, 0.1) is 12.1 Å². The van der Waals surface area contributed by atoms with Gasteiger partial charge < -0.3 is 4.90 Å². The minimum atomic E-state index is -0.0333. The van der Waals surface area contributed by atoms with Crippen LogP contribution in [0.3, 0.4) is 0 Å². The maximum Gasteiger partial charge on any atom is 0.234 e. The van der Waals surface area contributed by atoms with Gasteiger partial charge in [-0.15, -0.1) is 0 Å². The minimum absolute atomic E-state index is 0.0333. The SMILES string of the molecule is O=C([C@@H]1CCCN(c2cnccn2)C1)N1CCCn2ncnc21. The highest BCUT2D eigenvalue weighted by Crippen LogP contribution is 2.25. The van der Waals surface area contributed by atoms with E-state index in [1.54, 1.807) is 23.5 Å². The number of carbonyl (C=O) groups excluding carboxylic acids is 1. The molecule has 2 aliphatic heterocycles. The maximum absolute atomic E-state index is 13.0. The Morgan fingerprint density at radius 2 is 2.09 bits per heavy atom. The molecule has 8 heteroatoms. The number of amides is 1. The van der Waals surface area contributed by atoms with Crippen molar-refractivity contribution in [3.63, 3.8) is 0 Å². The molecule has 1 amide bonds. The first-order chi connectivity index (χ1) is 11.3. The number of hydrogen-bond acceptors (Lipinski definition) is 6.